The van der Waals surface area contributed by atoms with Crippen molar-refractivity contribution in [3.63, 3.8) is 0 Å². The summed E-state index contributed by atoms with van der Waals surface area (Å²) in [4.78, 5) is 0.226. The van der Waals surface area contributed by atoms with E-state index in [1.54, 1.807) is 69.7 Å². The van der Waals surface area contributed by atoms with Crippen molar-refractivity contribution >= 4 is 10.0 Å². The largest absolute Gasteiger partial charge is 0.497 e. The molecule has 0 aliphatic rings. The zero-order valence-corrected chi connectivity index (χ0v) is 13.6. The fraction of sp³-hybridized carbons (Fsp3) is 0.250. The van der Waals surface area contributed by atoms with E-state index in [0.29, 0.717) is 17.1 Å². The zero-order chi connectivity index (χ0) is 16.2. The molecule has 0 saturated carbocycles. The highest BCUT2D eigenvalue weighted by Crippen LogP contribution is 2.30. The Hall–Kier alpha value is -2.05. The van der Waals surface area contributed by atoms with Gasteiger partial charge in [-0.3, -0.25) is 0 Å². The van der Waals surface area contributed by atoms with Crippen LogP contribution < -0.4 is 14.2 Å². The van der Waals surface area contributed by atoms with E-state index in [-0.39, 0.29) is 4.90 Å². The average Bonchev–Trinajstić information content (AvgIpc) is 2.54. The maximum atomic E-state index is 12.4. The van der Waals surface area contributed by atoms with Gasteiger partial charge in [0, 0.05) is 11.6 Å². The van der Waals surface area contributed by atoms with Gasteiger partial charge in [0.15, 0.2) is 0 Å². The maximum Gasteiger partial charge on any atom is 0.241 e. The van der Waals surface area contributed by atoms with Gasteiger partial charge < -0.3 is 9.47 Å². The van der Waals surface area contributed by atoms with Gasteiger partial charge >= 0.3 is 0 Å². The standard InChI is InChI=1S/C16H19NO4S/c1-12(15-11-13(20-2)9-10-16(15)21-3)17-22(18,19)14-7-5-4-6-8-14/h4-12,17H,1-3H3/t12-/m1/s1. The van der Waals surface area contributed by atoms with Crippen LogP contribution >= 0.6 is 0 Å². The molecule has 22 heavy (non-hydrogen) atoms. The van der Waals surface area contributed by atoms with Gasteiger partial charge in [0.25, 0.3) is 0 Å². The number of benzene rings is 2. The molecule has 0 fully saturated rings. The van der Waals surface area contributed by atoms with Gasteiger partial charge in [0.1, 0.15) is 11.5 Å². The third-order valence-corrected chi connectivity index (χ3v) is 4.85. The zero-order valence-electron chi connectivity index (χ0n) is 12.7. The predicted octanol–water partition coefficient (Wildman–Crippen LogP) is 2.74. The minimum atomic E-state index is -3.60. The first-order chi connectivity index (χ1) is 10.5. The molecule has 118 valence electrons. The van der Waals surface area contributed by atoms with Gasteiger partial charge in [0.2, 0.25) is 10.0 Å². The Labute approximate surface area is 130 Å². The molecule has 5 nitrogen and oxygen atoms in total. The summed E-state index contributed by atoms with van der Waals surface area (Å²) >= 11 is 0. The lowest BCUT2D eigenvalue weighted by Crippen LogP contribution is -2.27. The van der Waals surface area contributed by atoms with Crippen LogP contribution in [0.3, 0.4) is 0 Å². The van der Waals surface area contributed by atoms with Gasteiger partial charge in [0.05, 0.1) is 19.1 Å². The van der Waals surface area contributed by atoms with E-state index >= 15 is 0 Å². The second-order valence-electron chi connectivity index (χ2n) is 4.76. The van der Waals surface area contributed by atoms with E-state index < -0.39 is 16.1 Å². The quantitative estimate of drug-likeness (QED) is 0.888. The summed E-state index contributed by atoms with van der Waals surface area (Å²) in [6, 6.07) is 13.1. The number of ether oxygens (including phenoxy) is 2. The Kier molecular flexibility index (Phi) is 5.05. The van der Waals surface area contributed by atoms with Crippen molar-refractivity contribution in [2.24, 2.45) is 0 Å². The molecule has 2 rings (SSSR count). The molecule has 0 aromatic heterocycles. The minimum absolute atomic E-state index is 0.226. The fourth-order valence-corrected chi connectivity index (χ4v) is 3.39. The highest BCUT2D eigenvalue weighted by Gasteiger charge is 2.20. The van der Waals surface area contributed by atoms with Crippen LogP contribution in [0.1, 0.15) is 18.5 Å². The third kappa shape index (κ3) is 3.58. The molecule has 0 unspecified atom stereocenters. The molecule has 0 aliphatic heterocycles. The van der Waals surface area contributed by atoms with E-state index in [1.165, 1.54) is 0 Å². The summed E-state index contributed by atoms with van der Waals surface area (Å²) in [5.41, 5.74) is 0.710. The first kappa shape index (κ1) is 16.3. The highest BCUT2D eigenvalue weighted by atomic mass is 32.2. The predicted molar refractivity (Wildman–Crippen MR) is 84.7 cm³/mol. The van der Waals surface area contributed by atoms with Crippen LogP contribution in [0.15, 0.2) is 53.4 Å². The van der Waals surface area contributed by atoms with Crippen LogP contribution in [0, 0.1) is 0 Å². The van der Waals surface area contributed by atoms with Gasteiger partial charge in [-0.15, -0.1) is 0 Å². The number of hydrogen-bond acceptors (Lipinski definition) is 4. The molecule has 0 saturated heterocycles. The number of rotatable bonds is 6. The van der Waals surface area contributed by atoms with Crippen LogP contribution in [-0.4, -0.2) is 22.6 Å². The van der Waals surface area contributed by atoms with Crippen LogP contribution in [-0.2, 0) is 10.0 Å². The van der Waals surface area contributed by atoms with Crippen molar-refractivity contribution in [2.45, 2.75) is 17.9 Å². The first-order valence-electron chi connectivity index (χ1n) is 6.77. The summed E-state index contributed by atoms with van der Waals surface area (Å²) in [6.07, 6.45) is 0. The Bertz CT molecular complexity index is 729. The van der Waals surface area contributed by atoms with Crippen molar-refractivity contribution in [3.05, 3.63) is 54.1 Å². The minimum Gasteiger partial charge on any atom is -0.497 e. The Morgan fingerprint density at radius 3 is 2.27 bits per heavy atom. The lowest BCUT2D eigenvalue weighted by Gasteiger charge is -2.18. The third-order valence-electron chi connectivity index (χ3n) is 3.29. The van der Waals surface area contributed by atoms with Crippen molar-refractivity contribution in [1.29, 1.82) is 0 Å². The van der Waals surface area contributed by atoms with E-state index in [9.17, 15) is 8.42 Å². The summed E-state index contributed by atoms with van der Waals surface area (Å²) in [6.45, 7) is 1.76. The molecule has 0 spiro atoms. The lowest BCUT2D eigenvalue weighted by molar-refractivity contribution is 0.395. The van der Waals surface area contributed by atoms with E-state index in [2.05, 4.69) is 4.72 Å². The number of hydrogen-bond donors (Lipinski definition) is 1. The second kappa shape index (κ2) is 6.81. The summed E-state index contributed by atoms with van der Waals surface area (Å²) < 4.78 is 37.9. The van der Waals surface area contributed by atoms with Crippen molar-refractivity contribution in [1.82, 2.24) is 4.72 Å². The fourth-order valence-electron chi connectivity index (χ4n) is 2.14. The van der Waals surface area contributed by atoms with Crippen molar-refractivity contribution in [2.75, 3.05) is 14.2 Å². The molecule has 0 bridgehead atoms. The lowest BCUT2D eigenvalue weighted by atomic mass is 10.1. The summed E-state index contributed by atoms with van der Waals surface area (Å²) in [7, 11) is -0.493. The van der Waals surface area contributed by atoms with Gasteiger partial charge in [-0.1, -0.05) is 18.2 Å². The molecule has 0 amide bonds. The van der Waals surface area contributed by atoms with Gasteiger partial charge in [-0.05, 0) is 37.3 Å². The molecule has 0 aliphatic carbocycles. The summed E-state index contributed by atoms with van der Waals surface area (Å²) in [5, 5.41) is 0. The Morgan fingerprint density at radius 1 is 1.00 bits per heavy atom. The van der Waals surface area contributed by atoms with Crippen LogP contribution in [0.2, 0.25) is 0 Å². The highest BCUT2D eigenvalue weighted by molar-refractivity contribution is 7.89. The van der Waals surface area contributed by atoms with E-state index in [1.807, 2.05) is 0 Å². The van der Waals surface area contributed by atoms with Crippen LogP contribution in [0.5, 0.6) is 11.5 Å². The van der Waals surface area contributed by atoms with E-state index in [4.69, 9.17) is 9.47 Å². The number of methoxy groups -OCH3 is 2. The first-order valence-corrected chi connectivity index (χ1v) is 8.25. The SMILES string of the molecule is COc1ccc(OC)c([C@@H](C)NS(=O)(=O)c2ccccc2)c1. The topological polar surface area (TPSA) is 64.6 Å². The molecule has 0 radical (unpaired) electrons. The molecular formula is C16H19NO4S. The second-order valence-corrected chi connectivity index (χ2v) is 6.48. The van der Waals surface area contributed by atoms with Gasteiger partial charge in [-0.2, -0.15) is 0 Å². The van der Waals surface area contributed by atoms with Crippen LogP contribution in [0.25, 0.3) is 0 Å². The molecule has 0 heterocycles. The monoisotopic (exact) mass is 321 g/mol. The normalized spacial score (nSPS) is 12.7. The molecule has 2 aromatic carbocycles. The average molecular weight is 321 g/mol. The summed E-state index contributed by atoms with van der Waals surface area (Å²) in [5.74, 6) is 1.24. The maximum absolute atomic E-state index is 12.4. The Morgan fingerprint density at radius 2 is 1.68 bits per heavy atom. The molecule has 6 heteroatoms. The molecule has 1 N–H and O–H groups in total. The van der Waals surface area contributed by atoms with Gasteiger partial charge in [-0.25, -0.2) is 13.1 Å². The molecule has 1 atom stereocenters. The van der Waals surface area contributed by atoms with E-state index in [0.717, 1.165) is 0 Å². The smallest absolute Gasteiger partial charge is 0.241 e. The molecular weight excluding hydrogens is 302 g/mol. The Balaban J connectivity index is 2.31. The van der Waals surface area contributed by atoms with Crippen molar-refractivity contribution in [3.8, 4) is 11.5 Å². The van der Waals surface area contributed by atoms with Crippen molar-refractivity contribution < 1.29 is 17.9 Å². The van der Waals surface area contributed by atoms with Crippen LogP contribution in [0.4, 0.5) is 0 Å². The number of sulfonamides is 1. The number of nitrogens with one attached hydrogen (secondary N) is 1. The molecule has 2 aromatic rings.